The molecule has 2 atom stereocenters. The monoisotopic (exact) mass is 417 g/mol. The minimum absolute atomic E-state index is 0.0480. The predicted molar refractivity (Wildman–Crippen MR) is 108 cm³/mol. The minimum Gasteiger partial charge on any atom is -0.503 e. The topological polar surface area (TPSA) is 75.6 Å². The molecule has 2 aromatic rings. The van der Waals surface area contributed by atoms with Crippen molar-refractivity contribution >= 4 is 34.6 Å². The number of ketones is 1. The summed E-state index contributed by atoms with van der Waals surface area (Å²) in [6.07, 6.45) is 1.23. The summed E-state index contributed by atoms with van der Waals surface area (Å²) in [5.41, 5.74) is 2.06. The van der Waals surface area contributed by atoms with Gasteiger partial charge >= 0.3 is 0 Å². The van der Waals surface area contributed by atoms with Crippen molar-refractivity contribution in [2.75, 3.05) is 6.61 Å². The first kappa shape index (κ1) is 19.0. The van der Waals surface area contributed by atoms with Gasteiger partial charge < -0.3 is 15.2 Å². The van der Waals surface area contributed by atoms with E-state index in [1.807, 2.05) is 24.4 Å². The lowest BCUT2D eigenvalue weighted by molar-refractivity contribution is -0.122. The molecule has 0 fully saturated rings. The molecule has 2 heterocycles. The fourth-order valence-corrected chi connectivity index (χ4v) is 5.08. The first-order valence-corrected chi connectivity index (χ1v) is 10.5. The van der Waals surface area contributed by atoms with E-state index in [1.165, 1.54) is 0 Å². The van der Waals surface area contributed by atoms with E-state index in [9.17, 15) is 14.7 Å². The van der Waals surface area contributed by atoms with E-state index in [4.69, 9.17) is 16.3 Å². The molecule has 0 spiro atoms. The summed E-state index contributed by atoms with van der Waals surface area (Å²) in [4.78, 5) is 26.6. The van der Waals surface area contributed by atoms with Crippen LogP contribution in [0, 0.1) is 0 Å². The molecule has 1 aromatic heterocycles. The smallest absolute Gasteiger partial charge is 0.225 e. The van der Waals surface area contributed by atoms with Gasteiger partial charge in [-0.05, 0) is 42.5 Å². The van der Waals surface area contributed by atoms with E-state index in [2.05, 4.69) is 5.32 Å². The van der Waals surface area contributed by atoms with Crippen LogP contribution in [0.4, 0.5) is 0 Å². The molecule has 5 nitrogen and oxygen atoms in total. The Morgan fingerprint density at radius 3 is 2.82 bits per heavy atom. The van der Waals surface area contributed by atoms with Crippen molar-refractivity contribution < 1.29 is 19.4 Å². The second kappa shape index (κ2) is 7.60. The summed E-state index contributed by atoms with van der Waals surface area (Å²) >= 11 is 7.81. The Bertz CT molecular complexity index is 967. The van der Waals surface area contributed by atoms with Crippen molar-refractivity contribution in [3.05, 3.63) is 56.4 Å². The maximum Gasteiger partial charge on any atom is 0.225 e. The molecular weight excluding hydrogens is 398 g/mol. The number of aromatic hydroxyl groups is 1. The molecule has 0 bridgehead atoms. The molecule has 4 rings (SSSR count). The fraction of sp³-hybridized carbons (Fsp3) is 0.333. The van der Waals surface area contributed by atoms with Crippen molar-refractivity contribution in [3.8, 4) is 11.5 Å². The fourth-order valence-electron chi connectivity index (χ4n) is 4.03. The molecule has 2 aliphatic rings. The average molecular weight is 418 g/mol. The predicted octanol–water partition coefficient (Wildman–Crippen LogP) is 4.51. The summed E-state index contributed by atoms with van der Waals surface area (Å²) in [6.45, 7) is 2.18. The number of rotatable bonds is 4. The summed E-state index contributed by atoms with van der Waals surface area (Å²) in [5.74, 6) is -0.241. The van der Waals surface area contributed by atoms with E-state index in [-0.39, 0.29) is 40.6 Å². The van der Waals surface area contributed by atoms with Crippen LogP contribution in [0.2, 0.25) is 5.02 Å². The molecule has 1 aromatic carbocycles. The minimum atomic E-state index is -0.391. The van der Waals surface area contributed by atoms with Crippen LogP contribution in [-0.2, 0) is 9.59 Å². The van der Waals surface area contributed by atoms with Gasteiger partial charge in [0.2, 0.25) is 5.91 Å². The molecule has 28 heavy (non-hydrogen) atoms. The van der Waals surface area contributed by atoms with E-state index >= 15 is 0 Å². The highest BCUT2D eigenvalue weighted by Crippen LogP contribution is 2.46. The molecule has 1 aliphatic heterocycles. The number of thiophene rings is 1. The van der Waals surface area contributed by atoms with Crippen LogP contribution in [0.3, 0.4) is 0 Å². The molecule has 1 amide bonds. The van der Waals surface area contributed by atoms with Crippen molar-refractivity contribution in [1.82, 2.24) is 5.32 Å². The molecule has 2 N–H and O–H groups in total. The highest BCUT2D eigenvalue weighted by atomic mass is 35.5. The zero-order chi connectivity index (χ0) is 19.8. The Hall–Kier alpha value is -2.31. The van der Waals surface area contributed by atoms with Gasteiger partial charge in [0.1, 0.15) is 0 Å². The Kier molecular flexibility index (Phi) is 5.17. The number of phenols is 1. The zero-order valence-corrected chi connectivity index (χ0v) is 16.9. The van der Waals surface area contributed by atoms with Crippen molar-refractivity contribution in [1.29, 1.82) is 0 Å². The number of phenolic OH excluding ortho intramolecular Hbond substituents is 1. The summed E-state index contributed by atoms with van der Waals surface area (Å²) < 4.78 is 5.47. The zero-order valence-electron chi connectivity index (χ0n) is 15.3. The van der Waals surface area contributed by atoms with Crippen LogP contribution in [0.25, 0.3) is 0 Å². The quantitative estimate of drug-likeness (QED) is 0.767. The summed E-state index contributed by atoms with van der Waals surface area (Å²) in [5, 5.41) is 15.2. The largest absolute Gasteiger partial charge is 0.503 e. The first-order chi connectivity index (χ1) is 13.5. The molecular formula is C21H20ClNO4S. The van der Waals surface area contributed by atoms with Crippen molar-refractivity contribution in [3.63, 3.8) is 0 Å². The van der Waals surface area contributed by atoms with Crippen LogP contribution < -0.4 is 10.1 Å². The third-order valence-electron chi connectivity index (χ3n) is 5.23. The number of ether oxygens (including phenoxy) is 1. The van der Waals surface area contributed by atoms with Gasteiger partial charge in [0.05, 0.1) is 11.6 Å². The van der Waals surface area contributed by atoms with Crippen LogP contribution >= 0.6 is 22.9 Å². The second-order valence-corrected chi connectivity index (χ2v) is 8.41. The molecule has 0 radical (unpaired) electrons. The lowest BCUT2D eigenvalue weighted by Crippen LogP contribution is -2.38. The van der Waals surface area contributed by atoms with Gasteiger partial charge in [-0.25, -0.2) is 0 Å². The van der Waals surface area contributed by atoms with Crippen molar-refractivity contribution in [2.45, 2.75) is 38.0 Å². The number of allylic oxidation sites excluding steroid dienone is 2. The lowest BCUT2D eigenvalue weighted by Gasteiger charge is -2.34. The highest BCUT2D eigenvalue weighted by molar-refractivity contribution is 7.10. The number of hydrogen-bond donors (Lipinski definition) is 2. The maximum atomic E-state index is 13.1. The van der Waals surface area contributed by atoms with E-state index in [0.717, 1.165) is 4.88 Å². The average Bonchev–Trinajstić information content (AvgIpc) is 3.19. The van der Waals surface area contributed by atoms with Gasteiger partial charge in [0, 0.05) is 40.8 Å². The Balaban J connectivity index is 1.75. The van der Waals surface area contributed by atoms with E-state index in [1.54, 1.807) is 23.5 Å². The standard InChI is InChI=1S/C21H20ClNO4S/c1-2-27-17-9-11(6-14(22)21(17)26)13-10-19(25)23-15-7-12(8-16(24)20(13)15)18-4-3-5-28-18/h3-6,9,12-13,26H,2,7-8,10H2,1H3,(H,23,25). The second-order valence-electron chi connectivity index (χ2n) is 7.02. The van der Waals surface area contributed by atoms with Crippen LogP contribution in [0.15, 0.2) is 40.9 Å². The number of Topliss-reactive ketones (excluding diaryl/α,β-unsaturated/α-hetero) is 1. The number of halogens is 1. The highest BCUT2D eigenvalue weighted by Gasteiger charge is 2.38. The Morgan fingerprint density at radius 1 is 1.29 bits per heavy atom. The van der Waals surface area contributed by atoms with Gasteiger partial charge in [-0.3, -0.25) is 9.59 Å². The van der Waals surface area contributed by atoms with E-state index in [0.29, 0.717) is 36.3 Å². The Labute approximate surface area is 172 Å². The first-order valence-electron chi connectivity index (χ1n) is 9.22. The third-order valence-corrected chi connectivity index (χ3v) is 6.56. The summed E-state index contributed by atoms with van der Waals surface area (Å²) in [7, 11) is 0. The number of benzene rings is 1. The number of hydrogen-bond acceptors (Lipinski definition) is 5. The number of amides is 1. The van der Waals surface area contributed by atoms with E-state index < -0.39 is 5.92 Å². The lowest BCUT2D eigenvalue weighted by atomic mass is 9.74. The number of carbonyl (C=O) groups is 2. The molecule has 0 saturated carbocycles. The van der Waals surface area contributed by atoms with Crippen LogP contribution in [0.1, 0.15) is 48.5 Å². The van der Waals surface area contributed by atoms with Crippen LogP contribution in [-0.4, -0.2) is 23.4 Å². The molecule has 146 valence electrons. The SMILES string of the molecule is CCOc1cc(C2CC(=O)NC3=C2C(=O)CC(c2cccs2)C3)cc(Cl)c1O. The van der Waals surface area contributed by atoms with Gasteiger partial charge in [-0.2, -0.15) is 0 Å². The van der Waals surface area contributed by atoms with Gasteiger partial charge in [-0.15, -0.1) is 11.3 Å². The maximum absolute atomic E-state index is 13.1. The van der Waals surface area contributed by atoms with Crippen molar-refractivity contribution in [2.24, 2.45) is 0 Å². The number of carbonyl (C=O) groups excluding carboxylic acids is 2. The molecule has 2 unspecified atom stereocenters. The molecule has 1 aliphatic carbocycles. The third kappa shape index (κ3) is 3.42. The van der Waals surface area contributed by atoms with Gasteiger partial charge in [0.15, 0.2) is 17.3 Å². The normalized spacial score (nSPS) is 22.1. The van der Waals surface area contributed by atoms with Crippen LogP contribution in [0.5, 0.6) is 11.5 Å². The summed E-state index contributed by atoms with van der Waals surface area (Å²) in [6, 6.07) is 7.30. The molecule has 0 saturated heterocycles. The van der Waals surface area contributed by atoms with Gasteiger partial charge in [-0.1, -0.05) is 17.7 Å². The molecule has 7 heteroatoms. The number of nitrogens with one attached hydrogen (secondary N) is 1. The Morgan fingerprint density at radius 2 is 2.11 bits per heavy atom. The van der Waals surface area contributed by atoms with Gasteiger partial charge in [0.25, 0.3) is 0 Å².